The van der Waals surface area contributed by atoms with Crippen molar-refractivity contribution in [2.24, 2.45) is 0 Å². The number of nitrogens with two attached hydrogens (primary N) is 1. The highest BCUT2D eigenvalue weighted by Gasteiger charge is 2.28. The monoisotopic (exact) mass is 211 g/mol. The van der Waals surface area contributed by atoms with Crippen molar-refractivity contribution in [1.29, 1.82) is 0 Å². The second-order valence-corrected chi connectivity index (χ2v) is 5.12. The summed E-state index contributed by atoms with van der Waals surface area (Å²) >= 11 is 1.26. The van der Waals surface area contributed by atoms with Crippen LogP contribution in [-0.4, -0.2) is 15.8 Å². The summed E-state index contributed by atoms with van der Waals surface area (Å²) in [6.07, 6.45) is 0. The Morgan fingerprint density at radius 2 is 2.00 bits per heavy atom. The molecule has 0 atom stereocenters. The standard InChI is InChI=1S/C10H13NO2S/c1-10(2,9(12)13)14-8-6-4-3-5-7(8)11/h3-6H,11H2,1-2H3,(H,12,13). The van der Waals surface area contributed by atoms with Crippen molar-refractivity contribution < 1.29 is 9.90 Å². The molecule has 14 heavy (non-hydrogen) atoms. The number of carboxylic acids is 1. The third kappa shape index (κ3) is 2.42. The number of anilines is 1. The van der Waals surface area contributed by atoms with Crippen LogP contribution in [0.5, 0.6) is 0 Å². The van der Waals surface area contributed by atoms with E-state index in [1.807, 2.05) is 18.2 Å². The van der Waals surface area contributed by atoms with Gasteiger partial charge in [-0.3, -0.25) is 4.79 Å². The Kier molecular flexibility index (Phi) is 3.06. The molecule has 0 radical (unpaired) electrons. The van der Waals surface area contributed by atoms with Gasteiger partial charge in [-0.25, -0.2) is 0 Å². The van der Waals surface area contributed by atoms with Crippen LogP contribution in [0.4, 0.5) is 5.69 Å². The minimum Gasteiger partial charge on any atom is -0.480 e. The van der Waals surface area contributed by atoms with Gasteiger partial charge in [-0.05, 0) is 26.0 Å². The second kappa shape index (κ2) is 3.92. The van der Waals surface area contributed by atoms with Gasteiger partial charge in [0.2, 0.25) is 0 Å². The fourth-order valence-electron chi connectivity index (χ4n) is 0.892. The molecule has 0 aromatic heterocycles. The van der Waals surface area contributed by atoms with E-state index in [0.29, 0.717) is 5.69 Å². The average Bonchev–Trinajstić information content (AvgIpc) is 2.08. The van der Waals surface area contributed by atoms with Gasteiger partial charge in [-0.2, -0.15) is 0 Å². The van der Waals surface area contributed by atoms with Crippen LogP contribution in [0.15, 0.2) is 29.2 Å². The molecule has 4 heteroatoms. The first kappa shape index (κ1) is 10.9. The van der Waals surface area contributed by atoms with Gasteiger partial charge in [0.25, 0.3) is 0 Å². The largest absolute Gasteiger partial charge is 0.480 e. The number of carbonyl (C=O) groups is 1. The van der Waals surface area contributed by atoms with Crippen molar-refractivity contribution in [3.05, 3.63) is 24.3 Å². The zero-order valence-corrected chi connectivity index (χ0v) is 8.97. The highest BCUT2D eigenvalue weighted by molar-refractivity contribution is 8.01. The summed E-state index contributed by atoms with van der Waals surface area (Å²) in [5.74, 6) is -0.842. The molecule has 1 aromatic carbocycles. The number of carboxylic acid groups (broad SMARTS) is 1. The summed E-state index contributed by atoms with van der Waals surface area (Å²) < 4.78 is -0.852. The van der Waals surface area contributed by atoms with Crippen molar-refractivity contribution in [3.63, 3.8) is 0 Å². The molecule has 1 aromatic rings. The molecule has 3 N–H and O–H groups in total. The summed E-state index contributed by atoms with van der Waals surface area (Å²) in [6.45, 7) is 3.32. The van der Waals surface area contributed by atoms with E-state index in [2.05, 4.69) is 0 Å². The van der Waals surface area contributed by atoms with E-state index in [4.69, 9.17) is 10.8 Å². The van der Waals surface area contributed by atoms with E-state index in [-0.39, 0.29) is 0 Å². The van der Waals surface area contributed by atoms with Crippen molar-refractivity contribution in [2.45, 2.75) is 23.5 Å². The molecule has 0 unspecified atom stereocenters. The van der Waals surface area contributed by atoms with E-state index >= 15 is 0 Å². The maximum Gasteiger partial charge on any atom is 0.319 e. The number of hydrogen-bond donors (Lipinski definition) is 2. The molecule has 0 saturated carbocycles. The number of hydrogen-bond acceptors (Lipinski definition) is 3. The first-order valence-corrected chi connectivity index (χ1v) is 5.02. The Hall–Kier alpha value is -1.16. The molecule has 0 aliphatic heterocycles. The predicted octanol–water partition coefficient (Wildman–Crippen LogP) is 2.22. The molecule has 76 valence electrons. The lowest BCUT2D eigenvalue weighted by atomic mass is 10.2. The van der Waals surface area contributed by atoms with E-state index in [1.54, 1.807) is 19.9 Å². The van der Waals surface area contributed by atoms with Crippen LogP contribution in [0.25, 0.3) is 0 Å². The minimum absolute atomic E-state index is 0.617. The SMILES string of the molecule is CC(C)(Sc1ccccc1N)C(=O)O. The number of thioether (sulfide) groups is 1. The van der Waals surface area contributed by atoms with Gasteiger partial charge >= 0.3 is 5.97 Å². The van der Waals surface area contributed by atoms with Gasteiger partial charge in [-0.15, -0.1) is 11.8 Å². The van der Waals surface area contributed by atoms with E-state index in [9.17, 15) is 4.79 Å². The lowest BCUT2D eigenvalue weighted by Crippen LogP contribution is -2.27. The predicted molar refractivity (Wildman–Crippen MR) is 58.4 cm³/mol. The molecule has 0 spiro atoms. The lowest BCUT2D eigenvalue weighted by Gasteiger charge is -2.19. The molecule has 0 fully saturated rings. The van der Waals surface area contributed by atoms with Crippen molar-refractivity contribution >= 4 is 23.4 Å². The number of rotatable bonds is 3. The van der Waals surface area contributed by atoms with Gasteiger partial charge in [0.1, 0.15) is 4.75 Å². The van der Waals surface area contributed by atoms with Crippen LogP contribution >= 0.6 is 11.8 Å². The van der Waals surface area contributed by atoms with Crippen LogP contribution in [0.1, 0.15) is 13.8 Å². The van der Waals surface area contributed by atoms with Crippen LogP contribution in [0.3, 0.4) is 0 Å². The Bertz CT molecular complexity index is 350. The zero-order chi connectivity index (χ0) is 10.8. The molecule has 0 heterocycles. The average molecular weight is 211 g/mol. The van der Waals surface area contributed by atoms with Crippen LogP contribution < -0.4 is 5.73 Å². The highest BCUT2D eigenvalue weighted by atomic mass is 32.2. The minimum atomic E-state index is -0.852. The molecular weight excluding hydrogens is 198 g/mol. The maximum absolute atomic E-state index is 10.9. The zero-order valence-electron chi connectivity index (χ0n) is 8.15. The topological polar surface area (TPSA) is 63.3 Å². The van der Waals surface area contributed by atoms with Gasteiger partial charge in [0.15, 0.2) is 0 Å². The molecule has 0 amide bonds. The second-order valence-electron chi connectivity index (χ2n) is 3.46. The van der Waals surface area contributed by atoms with Gasteiger partial charge < -0.3 is 10.8 Å². The van der Waals surface area contributed by atoms with Gasteiger partial charge in [0, 0.05) is 10.6 Å². The normalized spacial score (nSPS) is 11.3. The Morgan fingerprint density at radius 1 is 1.43 bits per heavy atom. The van der Waals surface area contributed by atoms with Gasteiger partial charge in [-0.1, -0.05) is 12.1 Å². The fraction of sp³-hybridized carbons (Fsp3) is 0.300. The summed E-state index contributed by atoms with van der Waals surface area (Å²) in [7, 11) is 0. The Morgan fingerprint density at radius 3 is 2.50 bits per heavy atom. The molecule has 3 nitrogen and oxygen atoms in total. The third-order valence-electron chi connectivity index (χ3n) is 1.80. The quantitative estimate of drug-likeness (QED) is 0.594. The summed E-state index contributed by atoms with van der Waals surface area (Å²) in [6, 6.07) is 7.26. The Balaban J connectivity index is 2.89. The summed E-state index contributed by atoms with van der Waals surface area (Å²) in [5.41, 5.74) is 6.33. The van der Waals surface area contributed by atoms with E-state index in [0.717, 1.165) is 4.90 Å². The number of aliphatic carboxylic acids is 1. The van der Waals surface area contributed by atoms with Crippen LogP contribution in [0, 0.1) is 0 Å². The van der Waals surface area contributed by atoms with Crippen molar-refractivity contribution in [2.75, 3.05) is 5.73 Å². The molecule has 0 bridgehead atoms. The molecular formula is C10H13NO2S. The van der Waals surface area contributed by atoms with Crippen molar-refractivity contribution in [3.8, 4) is 0 Å². The molecule has 1 rings (SSSR count). The Labute approximate surface area is 87.3 Å². The number of para-hydroxylation sites is 1. The third-order valence-corrected chi connectivity index (χ3v) is 3.08. The van der Waals surface area contributed by atoms with E-state index < -0.39 is 10.7 Å². The molecule has 0 aliphatic rings. The summed E-state index contributed by atoms with van der Waals surface area (Å²) in [4.78, 5) is 11.7. The van der Waals surface area contributed by atoms with Crippen LogP contribution in [-0.2, 0) is 4.79 Å². The lowest BCUT2D eigenvalue weighted by molar-refractivity contribution is -0.138. The van der Waals surface area contributed by atoms with Gasteiger partial charge in [0.05, 0.1) is 0 Å². The smallest absolute Gasteiger partial charge is 0.319 e. The van der Waals surface area contributed by atoms with Crippen molar-refractivity contribution in [1.82, 2.24) is 0 Å². The number of nitrogen functional groups attached to an aromatic ring is 1. The molecule has 0 aliphatic carbocycles. The first-order chi connectivity index (χ1) is 6.43. The fourth-order valence-corrected chi connectivity index (χ4v) is 1.86. The van der Waals surface area contributed by atoms with Crippen LogP contribution in [0.2, 0.25) is 0 Å². The number of benzene rings is 1. The highest BCUT2D eigenvalue weighted by Crippen LogP contribution is 2.35. The maximum atomic E-state index is 10.9. The summed E-state index contributed by atoms with van der Waals surface area (Å²) in [5, 5.41) is 8.93. The molecule has 0 saturated heterocycles. The first-order valence-electron chi connectivity index (χ1n) is 4.20. The van der Waals surface area contributed by atoms with E-state index in [1.165, 1.54) is 11.8 Å².